The summed E-state index contributed by atoms with van der Waals surface area (Å²) < 4.78 is 0. The summed E-state index contributed by atoms with van der Waals surface area (Å²) in [6, 6.07) is 11.6. The lowest BCUT2D eigenvalue weighted by Gasteiger charge is -2.25. The third kappa shape index (κ3) is 4.30. The fourth-order valence-corrected chi connectivity index (χ4v) is 2.93. The molecule has 1 aliphatic heterocycles. The predicted octanol–water partition coefficient (Wildman–Crippen LogP) is 2.22. The van der Waals surface area contributed by atoms with E-state index in [4.69, 9.17) is 10.5 Å². The Morgan fingerprint density at radius 1 is 1.04 bits per heavy atom. The summed E-state index contributed by atoms with van der Waals surface area (Å²) in [4.78, 5) is 17.9. The van der Waals surface area contributed by atoms with Crippen molar-refractivity contribution in [1.82, 2.24) is 9.80 Å². The van der Waals surface area contributed by atoms with Crippen LogP contribution in [-0.4, -0.2) is 56.0 Å². The van der Waals surface area contributed by atoms with E-state index in [0.717, 1.165) is 44.0 Å². The lowest BCUT2D eigenvalue weighted by atomic mass is 10.1. The molecule has 0 radical (unpaired) electrons. The highest BCUT2D eigenvalue weighted by Crippen LogP contribution is 2.20. The SMILES string of the molecule is CC(=C(C#N)C#N)N1CCCN(c2ccc(C(=O)N(C)C)cc2)CC1. The fourth-order valence-electron chi connectivity index (χ4n) is 2.93. The van der Waals surface area contributed by atoms with Crippen molar-refractivity contribution >= 4 is 11.6 Å². The number of benzene rings is 1. The number of carbonyl (C=O) groups is 1. The molecule has 2 rings (SSSR count). The first-order valence-electron chi connectivity index (χ1n) is 8.30. The van der Waals surface area contributed by atoms with E-state index in [-0.39, 0.29) is 11.5 Å². The van der Waals surface area contributed by atoms with Crippen LogP contribution in [0.5, 0.6) is 0 Å². The zero-order valence-corrected chi connectivity index (χ0v) is 15.0. The van der Waals surface area contributed by atoms with Gasteiger partial charge in [-0.05, 0) is 37.6 Å². The van der Waals surface area contributed by atoms with Gasteiger partial charge in [0.15, 0.2) is 0 Å². The molecule has 0 aromatic heterocycles. The molecule has 1 aliphatic rings. The lowest BCUT2D eigenvalue weighted by Crippen LogP contribution is -2.30. The molecule has 0 spiro atoms. The summed E-state index contributed by atoms with van der Waals surface area (Å²) in [5, 5.41) is 18.1. The summed E-state index contributed by atoms with van der Waals surface area (Å²) in [5.41, 5.74) is 2.69. The van der Waals surface area contributed by atoms with Gasteiger partial charge in [-0.2, -0.15) is 10.5 Å². The molecule has 0 N–H and O–H groups in total. The number of allylic oxidation sites excluding steroid dienone is 2. The van der Waals surface area contributed by atoms with Crippen molar-refractivity contribution in [1.29, 1.82) is 10.5 Å². The van der Waals surface area contributed by atoms with Crippen molar-refractivity contribution in [3.05, 3.63) is 41.1 Å². The van der Waals surface area contributed by atoms with Gasteiger partial charge in [-0.3, -0.25) is 4.79 Å². The van der Waals surface area contributed by atoms with E-state index >= 15 is 0 Å². The van der Waals surface area contributed by atoms with Crippen molar-refractivity contribution in [3.8, 4) is 12.1 Å². The first-order valence-corrected chi connectivity index (χ1v) is 8.30. The Kier molecular flexibility index (Phi) is 6.03. The van der Waals surface area contributed by atoms with Crippen LogP contribution in [0.3, 0.4) is 0 Å². The average Bonchev–Trinajstić information content (AvgIpc) is 2.88. The monoisotopic (exact) mass is 337 g/mol. The van der Waals surface area contributed by atoms with Gasteiger partial charge < -0.3 is 14.7 Å². The molecule has 1 aromatic rings. The van der Waals surface area contributed by atoms with Gasteiger partial charge in [0.25, 0.3) is 5.91 Å². The van der Waals surface area contributed by atoms with E-state index < -0.39 is 0 Å². The number of hydrogen-bond acceptors (Lipinski definition) is 5. The highest BCUT2D eigenvalue weighted by Gasteiger charge is 2.18. The summed E-state index contributed by atoms with van der Waals surface area (Å²) in [6.45, 7) is 5.13. The molecule has 0 atom stereocenters. The van der Waals surface area contributed by atoms with E-state index in [9.17, 15) is 4.79 Å². The maximum atomic E-state index is 12.0. The summed E-state index contributed by atoms with van der Waals surface area (Å²) in [7, 11) is 3.48. The molecule has 1 saturated heterocycles. The molecule has 6 nitrogen and oxygen atoms in total. The standard InChI is InChI=1S/C19H23N5O/c1-15(17(13-20)14-21)23-9-4-10-24(12-11-23)18-7-5-16(6-8-18)19(25)22(2)3/h5-8H,4,9-12H2,1-3H3. The Morgan fingerprint density at radius 2 is 1.68 bits per heavy atom. The fraction of sp³-hybridized carbons (Fsp3) is 0.421. The van der Waals surface area contributed by atoms with Crippen LogP contribution >= 0.6 is 0 Å². The van der Waals surface area contributed by atoms with Gasteiger partial charge in [0.1, 0.15) is 17.7 Å². The normalized spacial score (nSPS) is 14.1. The minimum absolute atomic E-state index is 0.00473. The molecule has 0 saturated carbocycles. The summed E-state index contributed by atoms with van der Waals surface area (Å²) >= 11 is 0. The first-order chi connectivity index (χ1) is 12.0. The van der Waals surface area contributed by atoms with Gasteiger partial charge in [0.05, 0.1) is 0 Å². The van der Waals surface area contributed by atoms with E-state index in [1.54, 1.807) is 19.0 Å². The number of nitriles is 2. The van der Waals surface area contributed by atoms with Gasteiger partial charge in [0.2, 0.25) is 0 Å². The zero-order valence-electron chi connectivity index (χ0n) is 15.0. The summed E-state index contributed by atoms with van der Waals surface area (Å²) in [5.74, 6) is -0.00473. The smallest absolute Gasteiger partial charge is 0.253 e. The molecule has 1 aromatic carbocycles. The van der Waals surface area contributed by atoms with Gasteiger partial charge in [-0.25, -0.2) is 0 Å². The second-order valence-electron chi connectivity index (χ2n) is 6.26. The van der Waals surface area contributed by atoms with Crippen LogP contribution in [0.25, 0.3) is 0 Å². The van der Waals surface area contributed by atoms with Gasteiger partial charge >= 0.3 is 0 Å². The topological polar surface area (TPSA) is 74.4 Å². The zero-order chi connectivity index (χ0) is 18.4. The van der Waals surface area contributed by atoms with Crippen LogP contribution in [0.1, 0.15) is 23.7 Å². The molecule has 25 heavy (non-hydrogen) atoms. The largest absolute Gasteiger partial charge is 0.372 e. The van der Waals surface area contributed by atoms with E-state index in [1.807, 2.05) is 43.3 Å². The van der Waals surface area contributed by atoms with Crippen LogP contribution in [0.2, 0.25) is 0 Å². The van der Waals surface area contributed by atoms with Crippen molar-refractivity contribution in [3.63, 3.8) is 0 Å². The number of carbonyl (C=O) groups excluding carboxylic acids is 1. The van der Waals surface area contributed by atoms with Gasteiger partial charge in [-0.1, -0.05) is 0 Å². The van der Waals surface area contributed by atoms with Gasteiger partial charge in [0, 0.05) is 57.2 Å². The van der Waals surface area contributed by atoms with E-state index in [0.29, 0.717) is 5.56 Å². The third-order valence-corrected chi connectivity index (χ3v) is 4.44. The number of amides is 1. The highest BCUT2D eigenvalue weighted by atomic mass is 16.2. The molecular weight excluding hydrogens is 314 g/mol. The molecule has 0 unspecified atom stereocenters. The Labute approximate surface area is 149 Å². The molecule has 1 amide bonds. The second kappa shape index (κ2) is 8.21. The first kappa shape index (κ1) is 18.4. The molecule has 1 fully saturated rings. The maximum Gasteiger partial charge on any atom is 0.253 e. The minimum Gasteiger partial charge on any atom is -0.372 e. The van der Waals surface area contributed by atoms with Crippen LogP contribution in [0.4, 0.5) is 5.69 Å². The Morgan fingerprint density at radius 3 is 2.24 bits per heavy atom. The van der Waals surface area contributed by atoms with E-state index in [2.05, 4.69) is 9.80 Å². The molecular formula is C19H23N5O. The van der Waals surface area contributed by atoms with Crippen molar-refractivity contribution in [2.45, 2.75) is 13.3 Å². The van der Waals surface area contributed by atoms with Crippen LogP contribution in [0, 0.1) is 22.7 Å². The number of nitrogens with zero attached hydrogens (tertiary/aromatic N) is 5. The molecule has 6 heteroatoms. The Balaban J connectivity index is 2.09. The Hall–Kier alpha value is -2.99. The third-order valence-electron chi connectivity index (χ3n) is 4.44. The Bertz CT molecular complexity index is 721. The maximum absolute atomic E-state index is 12.0. The van der Waals surface area contributed by atoms with Crippen LogP contribution < -0.4 is 4.90 Å². The van der Waals surface area contributed by atoms with Crippen LogP contribution in [0.15, 0.2) is 35.5 Å². The molecule has 1 heterocycles. The van der Waals surface area contributed by atoms with Crippen molar-refractivity contribution in [2.75, 3.05) is 45.2 Å². The highest BCUT2D eigenvalue weighted by molar-refractivity contribution is 5.94. The second-order valence-corrected chi connectivity index (χ2v) is 6.26. The molecule has 130 valence electrons. The van der Waals surface area contributed by atoms with Crippen molar-refractivity contribution in [2.24, 2.45) is 0 Å². The predicted molar refractivity (Wildman–Crippen MR) is 96.8 cm³/mol. The lowest BCUT2D eigenvalue weighted by molar-refractivity contribution is 0.0827. The molecule has 0 bridgehead atoms. The van der Waals surface area contributed by atoms with Crippen molar-refractivity contribution < 1.29 is 4.79 Å². The number of rotatable bonds is 3. The quantitative estimate of drug-likeness (QED) is 0.791. The average molecular weight is 337 g/mol. The number of hydrogen-bond donors (Lipinski definition) is 0. The van der Waals surface area contributed by atoms with Gasteiger partial charge in [-0.15, -0.1) is 0 Å². The van der Waals surface area contributed by atoms with Crippen LogP contribution in [-0.2, 0) is 0 Å². The molecule has 0 aliphatic carbocycles. The van der Waals surface area contributed by atoms with E-state index in [1.165, 1.54) is 0 Å². The summed E-state index contributed by atoms with van der Waals surface area (Å²) in [6.07, 6.45) is 0.944. The minimum atomic E-state index is -0.00473. The number of anilines is 1.